The topological polar surface area (TPSA) is 73.9 Å². The Labute approximate surface area is 123 Å². The molecule has 1 aromatic rings. The summed E-state index contributed by atoms with van der Waals surface area (Å²) in [5.41, 5.74) is 1.30. The van der Waals surface area contributed by atoms with E-state index in [1.54, 1.807) is 32.0 Å². The first-order valence-electron chi connectivity index (χ1n) is 6.29. The lowest BCUT2D eigenvalue weighted by molar-refractivity contribution is -0.142. The molecule has 0 aromatic heterocycles. The molecule has 21 heavy (non-hydrogen) atoms. The average molecular weight is 293 g/mol. The Morgan fingerprint density at radius 2 is 1.67 bits per heavy atom. The van der Waals surface area contributed by atoms with Crippen LogP contribution in [0.2, 0.25) is 0 Å². The van der Waals surface area contributed by atoms with E-state index >= 15 is 0 Å². The predicted molar refractivity (Wildman–Crippen MR) is 78.6 cm³/mol. The van der Waals surface area contributed by atoms with Gasteiger partial charge in [-0.3, -0.25) is 4.79 Å². The Bertz CT molecular complexity index is 525. The lowest BCUT2D eigenvalue weighted by Crippen LogP contribution is -2.20. The number of rotatable bonds is 6. The third kappa shape index (κ3) is 5.99. The van der Waals surface area contributed by atoms with Crippen LogP contribution in [0.25, 0.3) is 0 Å². The number of methoxy groups -OCH3 is 2. The van der Waals surface area contributed by atoms with Crippen LogP contribution in [-0.2, 0) is 14.3 Å². The SMILES string of the molecule is COc1cc(NC(=O)COC(=O)C=C(C)C)cc(OC)c1. The molecule has 0 heterocycles. The molecule has 0 bridgehead atoms. The number of carbonyl (C=O) groups excluding carboxylic acids is 2. The molecule has 6 nitrogen and oxygen atoms in total. The minimum absolute atomic E-state index is 0.359. The summed E-state index contributed by atoms with van der Waals surface area (Å²) in [4.78, 5) is 23.0. The number of nitrogens with one attached hydrogen (secondary N) is 1. The molecule has 0 spiro atoms. The fourth-order valence-electron chi connectivity index (χ4n) is 1.49. The highest BCUT2D eigenvalue weighted by Gasteiger charge is 2.08. The van der Waals surface area contributed by atoms with Gasteiger partial charge in [0.2, 0.25) is 0 Å². The summed E-state index contributed by atoms with van der Waals surface area (Å²) >= 11 is 0. The monoisotopic (exact) mass is 293 g/mol. The van der Waals surface area contributed by atoms with Crippen LogP contribution < -0.4 is 14.8 Å². The first-order chi connectivity index (χ1) is 9.94. The molecule has 1 rings (SSSR count). The molecule has 0 saturated heterocycles. The summed E-state index contributed by atoms with van der Waals surface area (Å²) in [6.07, 6.45) is 1.32. The molecule has 114 valence electrons. The Balaban J connectivity index is 2.62. The van der Waals surface area contributed by atoms with E-state index < -0.39 is 11.9 Å². The van der Waals surface area contributed by atoms with Gasteiger partial charge in [-0.05, 0) is 13.8 Å². The van der Waals surface area contributed by atoms with Crippen molar-refractivity contribution in [1.82, 2.24) is 0 Å². The van der Waals surface area contributed by atoms with Crippen molar-refractivity contribution in [3.63, 3.8) is 0 Å². The second-order valence-corrected chi connectivity index (χ2v) is 4.48. The van der Waals surface area contributed by atoms with Crippen molar-refractivity contribution >= 4 is 17.6 Å². The molecule has 0 radical (unpaired) electrons. The van der Waals surface area contributed by atoms with Crippen molar-refractivity contribution in [3.8, 4) is 11.5 Å². The van der Waals surface area contributed by atoms with Gasteiger partial charge in [0.15, 0.2) is 6.61 Å². The third-order valence-corrected chi connectivity index (χ3v) is 2.39. The second-order valence-electron chi connectivity index (χ2n) is 4.48. The molecule has 0 atom stereocenters. The molecule has 0 aliphatic rings. The molecule has 0 fully saturated rings. The number of carbonyl (C=O) groups is 2. The highest BCUT2D eigenvalue weighted by Crippen LogP contribution is 2.25. The predicted octanol–water partition coefficient (Wildman–Crippen LogP) is 2.15. The van der Waals surface area contributed by atoms with Crippen LogP contribution in [0.4, 0.5) is 5.69 Å². The summed E-state index contributed by atoms with van der Waals surface area (Å²) in [7, 11) is 3.03. The average Bonchev–Trinajstić information content (AvgIpc) is 2.44. The highest BCUT2D eigenvalue weighted by molar-refractivity contribution is 5.94. The van der Waals surface area contributed by atoms with Crippen LogP contribution >= 0.6 is 0 Å². The minimum atomic E-state index is -0.548. The highest BCUT2D eigenvalue weighted by atomic mass is 16.5. The van der Waals surface area contributed by atoms with Gasteiger partial charge in [0.25, 0.3) is 5.91 Å². The van der Waals surface area contributed by atoms with Crippen molar-refractivity contribution in [2.45, 2.75) is 13.8 Å². The molecular formula is C15H19NO5. The minimum Gasteiger partial charge on any atom is -0.497 e. The van der Waals surface area contributed by atoms with Gasteiger partial charge in [-0.2, -0.15) is 0 Å². The summed E-state index contributed by atoms with van der Waals surface area (Å²) in [6, 6.07) is 4.96. The Hall–Kier alpha value is -2.50. The first kappa shape index (κ1) is 16.6. The van der Waals surface area contributed by atoms with Gasteiger partial charge >= 0.3 is 5.97 Å². The first-order valence-corrected chi connectivity index (χ1v) is 6.29. The number of benzene rings is 1. The molecule has 1 N–H and O–H groups in total. The van der Waals surface area contributed by atoms with Gasteiger partial charge in [0, 0.05) is 30.0 Å². The quantitative estimate of drug-likeness (QED) is 0.642. The summed E-state index contributed by atoms with van der Waals surface area (Å²) in [5, 5.41) is 2.60. The zero-order valence-electron chi connectivity index (χ0n) is 12.6. The molecule has 0 unspecified atom stereocenters. The summed E-state index contributed by atoms with van der Waals surface area (Å²) < 4.78 is 15.0. The van der Waals surface area contributed by atoms with E-state index in [4.69, 9.17) is 14.2 Å². The van der Waals surface area contributed by atoms with E-state index in [9.17, 15) is 9.59 Å². The smallest absolute Gasteiger partial charge is 0.331 e. The van der Waals surface area contributed by atoms with Crippen molar-refractivity contribution in [1.29, 1.82) is 0 Å². The van der Waals surface area contributed by atoms with Crippen LogP contribution in [-0.4, -0.2) is 32.7 Å². The van der Waals surface area contributed by atoms with Gasteiger partial charge in [-0.25, -0.2) is 4.79 Å². The molecule has 0 aliphatic heterocycles. The number of hydrogen-bond acceptors (Lipinski definition) is 5. The van der Waals surface area contributed by atoms with Gasteiger partial charge in [0.05, 0.1) is 14.2 Å². The molecule has 0 saturated carbocycles. The fourth-order valence-corrected chi connectivity index (χ4v) is 1.49. The maximum absolute atomic E-state index is 11.7. The largest absolute Gasteiger partial charge is 0.497 e. The lowest BCUT2D eigenvalue weighted by Gasteiger charge is -2.09. The fraction of sp³-hybridized carbons (Fsp3) is 0.333. The van der Waals surface area contributed by atoms with Crippen molar-refractivity contribution < 1.29 is 23.8 Å². The van der Waals surface area contributed by atoms with Gasteiger partial charge in [-0.15, -0.1) is 0 Å². The number of esters is 1. The van der Waals surface area contributed by atoms with Gasteiger partial charge in [-0.1, -0.05) is 5.57 Å². The zero-order chi connectivity index (χ0) is 15.8. The van der Waals surface area contributed by atoms with Crippen LogP contribution in [0, 0.1) is 0 Å². The van der Waals surface area contributed by atoms with Gasteiger partial charge in [0.1, 0.15) is 11.5 Å². The van der Waals surface area contributed by atoms with Crippen molar-refractivity contribution in [2.24, 2.45) is 0 Å². The Morgan fingerprint density at radius 1 is 1.10 bits per heavy atom. The number of amides is 1. The van der Waals surface area contributed by atoms with E-state index in [1.165, 1.54) is 20.3 Å². The summed E-state index contributed by atoms with van der Waals surface area (Å²) in [5.74, 6) is 0.103. The normalized spacial score (nSPS) is 9.52. The van der Waals surface area contributed by atoms with Crippen LogP contribution in [0.3, 0.4) is 0 Å². The van der Waals surface area contributed by atoms with Crippen molar-refractivity contribution in [2.75, 3.05) is 26.1 Å². The van der Waals surface area contributed by atoms with Crippen LogP contribution in [0.15, 0.2) is 29.8 Å². The van der Waals surface area contributed by atoms with Crippen molar-refractivity contribution in [3.05, 3.63) is 29.8 Å². The van der Waals surface area contributed by atoms with E-state index in [0.717, 1.165) is 5.57 Å². The standard InChI is InChI=1S/C15H19NO5/c1-10(2)5-15(18)21-9-14(17)16-11-6-12(19-3)8-13(7-11)20-4/h5-8H,9H2,1-4H3,(H,16,17). The number of hydrogen-bond donors (Lipinski definition) is 1. The Kier molecular flexibility index (Phi) is 6.26. The molecule has 1 amide bonds. The number of anilines is 1. The summed E-state index contributed by atoms with van der Waals surface area (Å²) in [6.45, 7) is 3.18. The zero-order valence-corrected chi connectivity index (χ0v) is 12.6. The van der Waals surface area contributed by atoms with E-state index in [-0.39, 0.29) is 6.61 Å². The number of allylic oxidation sites excluding steroid dienone is 1. The van der Waals surface area contributed by atoms with E-state index in [1.807, 2.05) is 0 Å². The van der Waals surface area contributed by atoms with E-state index in [0.29, 0.717) is 17.2 Å². The third-order valence-electron chi connectivity index (χ3n) is 2.39. The Morgan fingerprint density at radius 3 is 2.14 bits per heavy atom. The van der Waals surface area contributed by atoms with Crippen LogP contribution in [0.1, 0.15) is 13.8 Å². The maximum atomic E-state index is 11.7. The lowest BCUT2D eigenvalue weighted by atomic mass is 10.2. The van der Waals surface area contributed by atoms with E-state index in [2.05, 4.69) is 5.32 Å². The number of ether oxygens (including phenoxy) is 3. The second kappa shape index (κ2) is 7.94. The molecule has 6 heteroatoms. The molecular weight excluding hydrogens is 274 g/mol. The van der Waals surface area contributed by atoms with Crippen LogP contribution in [0.5, 0.6) is 11.5 Å². The molecule has 0 aliphatic carbocycles. The molecule has 1 aromatic carbocycles. The maximum Gasteiger partial charge on any atom is 0.331 e. The van der Waals surface area contributed by atoms with Gasteiger partial charge < -0.3 is 19.5 Å².